The van der Waals surface area contributed by atoms with Gasteiger partial charge in [-0.2, -0.15) is 5.01 Å². The first-order valence-electron chi connectivity index (χ1n) is 8.08. The predicted octanol–water partition coefficient (Wildman–Crippen LogP) is 3.87. The highest BCUT2D eigenvalue weighted by Gasteiger charge is 2.34. The van der Waals surface area contributed by atoms with Crippen LogP contribution in [-0.2, 0) is 4.79 Å². The summed E-state index contributed by atoms with van der Waals surface area (Å²) in [5, 5.41) is 2.87. The molecule has 2 aromatic rings. The Morgan fingerprint density at radius 2 is 2.18 bits per heavy atom. The number of hydrazine groups is 1. The molecule has 144 valence electrons. The van der Waals surface area contributed by atoms with Gasteiger partial charge in [-0.15, -0.1) is 11.3 Å². The molecule has 0 aliphatic carbocycles. The van der Waals surface area contributed by atoms with Crippen LogP contribution < -0.4 is 14.9 Å². The number of carbonyl (C=O) groups excluding carboxylic acids is 2. The van der Waals surface area contributed by atoms with E-state index in [0.29, 0.717) is 33.5 Å². The summed E-state index contributed by atoms with van der Waals surface area (Å²) in [6.07, 6.45) is 3.29. The largest absolute Gasteiger partial charge is 0.493 e. The second-order valence-corrected chi connectivity index (χ2v) is 8.04. The number of amides is 2. The number of ether oxygens (including phenoxy) is 2. The van der Waals surface area contributed by atoms with Crippen molar-refractivity contribution < 1.29 is 19.1 Å². The number of hydrogen-bond acceptors (Lipinski definition) is 7. The third kappa shape index (κ3) is 4.27. The number of methoxy groups -OCH3 is 1. The van der Waals surface area contributed by atoms with Crippen LogP contribution in [0.25, 0.3) is 6.08 Å². The lowest BCUT2D eigenvalue weighted by Gasteiger charge is -2.15. The summed E-state index contributed by atoms with van der Waals surface area (Å²) in [4.78, 5) is 25.9. The van der Waals surface area contributed by atoms with E-state index in [2.05, 4.69) is 12.0 Å². The van der Waals surface area contributed by atoms with Gasteiger partial charge in [0.05, 0.1) is 16.9 Å². The van der Waals surface area contributed by atoms with E-state index in [-0.39, 0.29) is 10.2 Å². The molecule has 1 fully saturated rings. The maximum atomic E-state index is 12.8. The van der Waals surface area contributed by atoms with Gasteiger partial charge in [-0.1, -0.05) is 42.6 Å². The molecule has 0 atom stereocenters. The van der Waals surface area contributed by atoms with Crippen molar-refractivity contribution in [2.75, 3.05) is 13.7 Å². The molecular formula is C19H16N2O4S3. The van der Waals surface area contributed by atoms with Gasteiger partial charge < -0.3 is 9.47 Å². The van der Waals surface area contributed by atoms with Crippen molar-refractivity contribution >= 4 is 57.5 Å². The van der Waals surface area contributed by atoms with Crippen LogP contribution in [0.2, 0.25) is 0 Å². The SMILES string of the molecule is C=CCOc1c(/C=C2\SC(=S)N(NC(=O)c3cccs3)C2=O)cccc1OC. The summed E-state index contributed by atoms with van der Waals surface area (Å²) in [6, 6.07) is 8.80. The normalized spacial score (nSPS) is 15.0. The lowest BCUT2D eigenvalue weighted by molar-refractivity contribution is -0.123. The first kappa shape index (κ1) is 20.1. The fourth-order valence-corrected chi connectivity index (χ4v) is 4.16. The molecule has 0 saturated carbocycles. The van der Waals surface area contributed by atoms with Crippen molar-refractivity contribution in [2.45, 2.75) is 0 Å². The minimum Gasteiger partial charge on any atom is -0.493 e. The molecule has 1 aromatic heterocycles. The topological polar surface area (TPSA) is 67.9 Å². The predicted molar refractivity (Wildman–Crippen MR) is 115 cm³/mol. The van der Waals surface area contributed by atoms with E-state index in [1.165, 1.54) is 11.3 Å². The molecule has 1 saturated heterocycles. The molecule has 6 nitrogen and oxygen atoms in total. The third-order valence-electron chi connectivity index (χ3n) is 3.61. The highest BCUT2D eigenvalue weighted by molar-refractivity contribution is 8.26. The van der Waals surface area contributed by atoms with Crippen LogP contribution in [0.1, 0.15) is 15.2 Å². The molecule has 0 bridgehead atoms. The molecule has 0 unspecified atom stereocenters. The number of nitrogens with zero attached hydrogens (tertiary/aromatic N) is 1. The van der Waals surface area contributed by atoms with Gasteiger partial charge >= 0.3 is 0 Å². The van der Waals surface area contributed by atoms with Crippen LogP contribution in [0, 0.1) is 0 Å². The van der Waals surface area contributed by atoms with Gasteiger partial charge in [0, 0.05) is 5.56 Å². The van der Waals surface area contributed by atoms with Gasteiger partial charge in [0.15, 0.2) is 15.8 Å². The van der Waals surface area contributed by atoms with Crippen LogP contribution in [-0.4, -0.2) is 34.9 Å². The van der Waals surface area contributed by atoms with E-state index >= 15 is 0 Å². The molecule has 2 heterocycles. The van der Waals surface area contributed by atoms with Crippen LogP contribution in [0.4, 0.5) is 0 Å². The zero-order chi connectivity index (χ0) is 20.1. The van der Waals surface area contributed by atoms with Crippen molar-refractivity contribution in [1.29, 1.82) is 0 Å². The Morgan fingerprint density at radius 3 is 2.86 bits per heavy atom. The minimum absolute atomic E-state index is 0.248. The van der Waals surface area contributed by atoms with E-state index in [0.717, 1.165) is 16.8 Å². The van der Waals surface area contributed by atoms with E-state index in [1.54, 1.807) is 55.0 Å². The first-order valence-corrected chi connectivity index (χ1v) is 10.2. The maximum absolute atomic E-state index is 12.8. The van der Waals surface area contributed by atoms with Gasteiger partial charge in [-0.05, 0) is 35.8 Å². The molecule has 1 aromatic carbocycles. The van der Waals surface area contributed by atoms with Crippen molar-refractivity contribution in [2.24, 2.45) is 0 Å². The highest BCUT2D eigenvalue weighted by Crippen LogP contribution is 2.37. The van der Waals surface area contributed by atoms with Gasteiger partial charge in [0.1, 0.15) is 6.61 Å². The van der Waals surface area contributed by atoms with Crippen LogP contribution in [0.3, 0.4) is 0 Å². The standard InChI is InChI=1S/C19H16N2O4S3/c1-3-9-25-16-12(6-4-7-13(16)24-2)11-15-18(23)21(19(26)28-15)20-17(22)14-8-5-10-27-14/h3-8,10-11H,1,9H2,2H3,(H,20,22)/b15-11-. The van der Waals surface area contributed by atoms with Crippen LogP contribution in [0.5, 0.6) is 11.5 Å². The number of thiocarbonyl (C=S) groups is 1. The molecule has 9 heteroatoms. The molecule has 1 N–H and O–H groups in total. The van der Waals surface area contributed by atoms with Gasteiger partial charge in [0.25, 0.3) is 11.8 Å². The molecular weight excluding hydrogens is 416 g/mol. The summed E-state index contributed by atoms with van der Waals surface area (Å²) in [7, 11) is 1.54. The summed E-state index contributed by atoms with van der Waals surface area (Å²) in [5.74, 6) is 0.246. The first-order chi connectivity index (χ1) is 13.5. The smallest absolute Gasteiger partial charge is 0.285 e. The summed E-state index contributed by atoms with van der Waals surface area (Å²) in [6.45, 7) is 3.93. The van der Waals surface area contributed by atoms with E-state index in [4.69, 9.17) is 21.7 Å². The maximum Gasteiger partial charge on any atom is 0.285 e. The second-order valence-electron chi connectivity index (χ2n) is 5.41. The Balaban J connectivity index is 1.85. The quantitative estimate of drug-likeness (QED) is 0.407. The number of nitrogens with one attached hydrogen (secondary N) is 1. The molecule has 0 spiro atoms. The second kappa shape index (κ2) is 9.05. The van der Waals surface area contributed by atoms with Crippen LogP contribution >= 0.6 is 35.3 Å². The molecule has 0 radical (unpaired) electrons. The molecule has 3 rings (SSSR count). The monoisotopic (exact) mass is 432 g/mol. The Labute approximate surface area is 175 Å². The summed E-state index contributed by atoms with van der Waals surface area (Å²) < 4.78 is 11.3. The highest BCUT2D eigenvalue weighted by atomic mass is 32.2. The number of rotatable bonds is 7. The number of hydrogen-bond donors (Lipinski definition) is 1. The average Bonchev–Trinajstić information content (AvgIpc) is 3.32. The minimum atomic E-state index is -0.405. The Kier molecular flexibility index (Phi) is 6.50. The Bertz CT molecular complexity index is 954. The molecule has 28 heavy (non-hydrogen) atoms. The van der Waals surface area contributed by atoms with E-state index in [9.17, 15) is 9.59 Å². The lowest BCUT2D eigenvalue weighted by Crippen LogP contribution is -2.44. The van der Waals surface area contributed by atoms with Crippen molar-refractivity contribution in [3.63, 3.8) is 0 Å². The average molecular weight is 433 g/mol. The van der Waals surface area contributed by atoms with Crippen LogP contribution in [0.15, 0.2) is 53.3 Å². The van der Waals surface area contributed by atoms with Gasteiger partial charge in [-0.25, -0.2) is 0 Å². The lowest BCUT2D eigenvalue weighted by atomic mass is 10.1. The van der Waals surface area contributed by atoms with Crippen molar-refractivity contribution in [3.05, 3.63) is 63.7 Å². The molecule has 2 amide bonds. The Morgan fingerprint density at radius 1 is 1.36 bits per heavy atom. The third-order valence-corrected chi connectivity index (χ3v) is 5.78. The summed E-state index contributed by atoms with van der Waals surface area (Å²) >= 11 is 7.64. The van der Waals surface area contributed by atoms with E-state index in [1.807, 2.05) is 0 Å². The molecule has 1 aliphatic heterocycles. The number of carbonyl (C=O) groups is 2. The molecule has 1 aliphatic rings. The summed E-state index contributed by atoms with van der Waals surface area (Å²) in [5.41, 5.74) is 3.21. The van der Waals surface area contributed by atoms with Gasteiger partial charge in [-0.3, -0.25) is 15.0 Å². The van der Waals surface area contributed by atoms with Gasteiger partial charge in [0.2, 0.25) is 0 Å². The van der Waals surface area contributed by atoms with Crippen molar-refractivity contribution in [3.8, 4) is 11.5 Å². The fraction of sp³-hybridized carbons (Fsp3) is 0.105. The number of thiophene rings is 1. The number of thioether (sulfide) groups is 1. The Hall–Kier alpha value is -2.62. The van der Waals surface area contributed by atoms with Crippen molar-refractivity contribution in [1.82, 2.24) is 10.4 Å². The fourth-order valence-electron chi connectivity index (χ4n) is 2.37. The van der Waals surface area contributed by atoms with E-state index < -0.39 is 5.91 Å². The zero-order valence-electron chi connectivity index (χ0n) is 14.8. The number of benzene rings is 1. The number of para-hydroxylation sites is 1. The zero-order valence-corrected chi connectivity index (χ0v) is 17.3.